The second-order valence-corrected chi connectivity index (χ2v) is 8.94. The van der Waals surface area contributed by atoms with Crippen molar-refractivity contribution in [3.05, 3.63) is 54.1 Å². The van der Waals surface area contributed by atoms with Crippen LogP contribution in [0.1, 0.15) is 24.8 Å². The van der Waals surface area contributed by atoms with E-state index in [0.29, 0.717) is 18.4 Å². The van der Waals surface area contributed by atoms with Crippen LogP contribution in [-0.2, 0) is 4.79 Å². The SMILES string of the molecule is COc1ccc(NC2CCN(C(=O)CCN3CCN(c4ccc(C)cc4)CC3)CC2)cc1. The van der Waals surface area contributed by atoms with Crippen LogP contribution in [0.3, 0.4) is 0 Å². The number of anilines is 2. The maximum absolute atomic E-state index is 12.7. The maximum Gasteiger partial charge on any atom is 0.223 e. The van der Waals surface area contributed by atoms with E-state index in [9.17, 15) is 4.79 Å². The number of carbonyl (C=O) groups is 1. The quantitative estimate of drug-likeness (QED) is 0.718. The van der Waals surface area contributed by atoms with Crippen molar-refractivity contribution < 1.29 is 9.53 Å². The van der Waals surface area contributed by atoms with E-state index in [1.807, 2.05) is 12.1 Å². The van der Waals surface area contributed by atoms with Gasteiger partial charge in [-0.15, -0.1) is 0 Å². The van der Waals surface area contributed by atoms with Gasteiger partial charge in [-0.05, 0) is 56.2 Å². The van der Waals surface area contributed by atoms with Crippen LogP contribution >= 0.6 is 0 Å². The molecule has 0 atom stereocenters. The molecule has 6 nitrogen and oxygen atoms in total. The van der Waals surface area contributed by atoms with Gasteiger partial charge in [0.15, 0.2) is 0 Å². The minimum atomic E-state index is 0.300. The number of aryl methyl sites for hydroxylation is 1. The van der Waals surface area contributed by atoms with Gasteiger partial charge in [0, 0.05) is 69.7 Å². The highest BCUT2D eigenvalue weighted by molar-refractivity contribution is 5.76. The van der Waals surface area contributed by atoms with Gasteiger partial charge < -0.3 is 19.9 Å². The number of likely N-dealkylation sites (tertiary alicyclic amines) is 1. The lowest BCUT2D eigenvalue weighted by atomic mass is 10.0. The van der Waals surface area contributed by atoms with Gasteiger partial charge in [-0.25, -0.2) is 0 Å². The molecular weight excluding hydrogens is 400 g/mol. The fourth-order valence-electron chi connectivity index (χ4n) is 4.59. The molecule has 2 heterocycles. The number of carbonyl (C=O) groups excluding carboxylic acids is 1. The first-order chi connectivity index (χ1) is 15.6. The van der Waals surface area contributed by atoms with Crippen molar-refractivity contribution >= 4 is 17.3 Å². The number of hydrogen-bond donors (Lipinski definition) is 1. The molecule has 6 heteroatoms. The number of methoxy groups -OCH3 is 1. The molecule has 0 radical (unpaired) electrons. The molecule has 0 unspecified atom stereocenters. The molecule has 32 heavy (non-hydrogen) atoms. The lowest BCUT2D eigenvalue weighted by molar-refractivity contribution is -0.132. The predicted molar refractivity (Wildman–Crippen MR) is 131 cm³/mol. The van der Waals surface area contributed by atoms with Crippen LogP contribution in [0.2, 0.25) is 0 Å². The Labute approximate surface area is 192 Å². The second kappa shape index (κ2) is 10.7. The van der Waals surface area contributed by atoms with Gasteiger partial charge in [0.1, 0.15) is 5.75 Å². The lowest BCUT2D eigenvalue weighted by Crippen LogP contribution is -2.48. The number of ether oxygens (including phenoxy) is 1. The number of piperazine rings is 1. The summed E-state index contributed by atoms with van der Waals surface area (Å²) in [6.07, 6.45) is 2.61. The fourth-order valence-corrected chi connectivity index (χ4v) is 4.59. The highest BCUT2D eigenvalue weighted by atomic mass is 16.5. The first-order valence-corrected chi connectivity index (χ1v) is 11.8. The molecule has 4 rings (SSSR count). The Bertz CT molecular complexity index is 852. The molecular formula is C26H36N4O2. The molecule has 0 spiro atoms. The zero-order valence-electron chi connectivity index (χ0n) is 19.4. The molecule has 1 N–H and O–H groups in total. The van der Waals surface area contributed by atoms with Crippen LogP contribution in [0.5, 0.6) is 5.75 Å². The average molecular weight is 437 g/mol. The first-order valence-electron chi connectivity index (χ1n) is 11.8. The van der Waals surface area contributed by atoms with Crippen molar-refractivity contribution in [2.45, 2.75) is 32.2 Å². The van der Waals surface area contributed by atoms with Gasteiger partial charge in [0.05, 0.1) is 7.11 Å². The topological polar surface area (TPSA) is 48.1 Å². The van der Waals surface area contributed by atoms with Crippen LogP contribution in [-0.4, -0.2) is 74.7 Å². The fraction of sp³-hybridized carbons (Fsp3) is 0.500. The molecule has 1 amide bonds. The van der Waals surface area contributed by atoms with Crippen molar-refractivity contribution in [1.29, 1.82) is 0 Å². The number of hydrogen-bond acceptors (Lipinski definition) is 5. The first kappa shape index (κ1) is 22.5. The van der Waals surface area contributed by atoms with Crippen LogP contribution in [0, 0.1) is 6.92 Å². The van der Waals surface area contributed by atoms with E-state index in [0.717, 1.165) is 70.1 Å². The molecule has 2 fully saturated rings. The molecule has 2 aromatic carbocycles. The predicted octanol–water partition coefficient (Wildman–Crippen LogP) is 3.62. The summed E-state index contributed by atoms with van der Waals surface area (Å²) in [4.78, 5) is 19.7. The van der Waals surface area contributed by atoms with Crippen LogP contribution < -0.4 is 15.0 Å². The van der Waals surface area contributed by atoms with E-state index in [4.69, 9.17) is 4.74 Å². The Morgan fingerprint density at radius 1 is 0.938 bits per heavy atom. The number of amides is 1. The van der Waals surface area contributed by atoms with Crippen LogP contribution in [0.25, 0.3) is 0 Å². The molecule has 0 aromatic heterocycles. The molecule has 2 aliphatic heterocycles. The Balaban J connectivity index is 1.14. The minimum Gasteiger partial charge on any atom is -0.497 e. The third kappa shape index (κ3) is 5.94. The summed E-state index contributed by atoms with van der Waals surface area (Å²) < 4.78 is 5.22. The monoisotopic (exact) mass is 436 g/mol. The molecule has 0 bridgehead atoms. The highest BCUT2D eigenvalue weighted by Gasteiger charge is 2.24. The third-order valence-corrected chi connectivity index (χ3v) is 6.72. The van der Waals surface area contributed by atoms with Crippen LogP contribution in [0.4, 0.5) is 11.4 Å². The second-order valence-electron chi connectivity index (χ2n) is 8.94. The van der Waals surface area contributed by atoms with Gasteiger partial charge in [0.25, 0.3) is 0 Å². The summed E-state index contributed by atoms with van der Waals surface area (Å²) in [5, 5.41) is 3.59. The number of benzene rings is 2. The maximum atomic E-state index is 12.7. The van der Waals surface area contributed by atoms with Crippen molar-refractivity contribution in [2.75, 3.05) is 63.1 Å². The van der Waals surface area contributed by atoms with Gasteiger partial charge in [-0.3, -0.25) is 9.69 Å². The van der Waals surface area contributed by atoms with E-state index < -0.39 is 0 Å². The summed E-state index contributed by atoms with van der Waals surface area (Å²) in [6, 6.07) is 17.2. The van der Waals surface area contributed by atoms with Crippen molar-refractivity contribution in [3.63, 3.8) is 0 Å². The summed E-state index contributed by atoms with van der Waals surface area (Å²) in [5.74, 6) is 1.17. The number of piperidine rings is 1. The zero-order valence-corrected chi connectivity index (χ0v) is 19.4. The average Bonchev–Trinajstić information content (AvgIpc) is 2.84. The Morgan fingerprint density at radius 2 is 1.59 bits per heavy atom. The van der Waals surface area contributed by atoms with Crippen molar-refractivity contribution in [1.82, 2.24) is 9.80 Å². The van der Waals surface area contributed by atoms with Crippen LogP contribution in [0.15, 0.2) is 48.5 Å². The molecule has 172 valence electrons. The summed E-state index contributed by atoms with van der Waals surface area (Å²) >= 11 is 0. The van der Waals surface area contributed by atoms with E-state index in [-0.39, 0.29) is 0 Å². The smallest absolute Gasteiger partial charge is 0.223 e. The Morgan fingerprint density at radius 3 is 2.22 bits per heavy atom. The zero-order chi connectivity index (χ0) is 22.3. The van der Waals surface area contributed by atoms with Gasteiger partial charge in [-0.2, -0.15) is 0 Å². The summed E-state index contributed by atoms with van der Waals surface area (Å²) in [5.41, 5.74) is 3.71. The standard InChI is InChI=1S/C26H36N4O2/c1-21-3-7-24(8-4-21)29-19-17-28(18-20-29)14-13-26(31)30-15-11-23(12-16-30)27-22-5-9-25(32-2)10-6-22/h3-10,23,27H,11-20H2,1-2H3. The highest BCUT2D eigenvalue weighted by Crippen LogP contribution is 2.21. The van der Waals surface area contributed by atoms with Gasteiger partial charge >= 0.3 is 0 Å². The largest absolute Gasteiger partial charge is 0.497 e. The van der Waals surface area contributed by atoms with Gasteiger partial charge in [-0.1, -0.05) is 17.7 Å². The van der Waals surface area contributed by atoms with Crippen molar-refractivity contribution in [2.24, 2.45) is 0 Å². The van der Waals surface area contributed by atoms with Crippen molar-refractivity contribution in [3.8, 4) is 5.75 Å². The number of nitrogens with one attached hydrogen (secondary N) is 1. The molecule has 2 aromatic rings. The number of rotatable bonds is 7. The molecule has 0 saturated carbocycles. The van der Waals surface area contributed by atoms with E-state index in [2.05, 4.69) is 63.3 Å². The third-order valence-electron chi connectivity index (χ3n) is 6.72. The summed E-state index contributed by atoms with van der Waals surface area (Å²) in [7, 11) is 1.68. The lowest BCUT2D eigenvalue weighted by Gasteiger charge is -2.37. The van der Waals surface area contributed by atoms with E-state index in [1.165, 1.54) is 11.3 Å². The van der Waals surface area contributed by atoms with E-state index in [1.54, 1.807) is 7.11 Å². The molecule has 0 aliphatic carbocycles. The van der Waals surface area contributed by atoms with Gasteiger partial charge in [0.2, 0.25) is 5.91 Å². The normalized spacial score (nSPS) is 17.9. The van der Waals surface area contributed by atoms with E-state index >= 15 is 0 Å². The number of nitrogens with zero attached hydrogens (tertiary/aromatic N) is 3. The molecule has 2 saturated heterocycles. The molecule has 2 aliphatic rings. The Kier molecular flexibility index (Phi) is 7.53. The minimum absolute atomic E-state index is 0.300. The summed E-state index contributed by atoms with van der Waals surface area (Å²) in [6.45, 7) is 8.77. The Hall–Kier alpha value is -2.73.